The summed E-state index contributed by atoms with van der Waals surface area (Å²) in [7, 11) is 0. The van der Waals surface area contributed by atoms with E-state index in [-0.39, 0.29) is 5.38 Å². The zero-order valence-corrected chi connectivity index (χ0v) is 10.5. The van der Waals surface area contributed by atoms with Gasteiger partial charge in [0.15, 0.2) is 0 Å². The maximum atomic E-state index is 6.07. The minimum Gasteiger partial charge on any atom is -0.123 e. The van der Waals surface area contributed by atoms with E-state index in [0.29, 0.717) is 5.92 Å². The number of hydrogen-bond donors (Lipinski definition) is 0. The van der Waals surface area contributed by atoms with E-state index in [1.165, 1.54) is 16.3 Å². The van der Waals surface area contributed by atoms with Gasteiger partial charge >= 0.3 is 0 Å². The molecule has 0 bridgehead atoms. The predicted octanol–water partition coefficient (Wildman–Crippen LogP) is 4.96. The number of benzene rings is 2. The molecular formula is C15H17Cl. The molecule has 1 heteroatoms. The van der Waals surface area contributed by atoms with Crippen molar-refractivity contribution in [3.8, 4) is 0 Å². The lowest BCUT2D eigenvalue weighted by Gasteiger charge is -2.15. The van der Waals surface area contributed by atoms with Gasteiger partial charge in [-0.05, 0) is 35.6 Å². The molecule has 0 spiro atoms. The predicted molar refractivity (Wildman–Crippen MR) is 72.3 cm³/mol. The van der Waals surface area contributed by atoms with E-state index in [2.05, 4.69) is 56.3 Å². The van der Waals surface area contributed by atoms with Crippen LogP contribution >= 0.6 is 11.6 Å². The molecule has 2 atom stereocenters. The zero-order valence-electron chi connectivity index (χ0n) is 9.78. The molecule has 0 saturated carbocycles. The van der Waals surface area contributed by atoms with Crippen molar-refractivity contribution in [2.24, 2.45) is 0 Å². The van der Waals surface area contributed by atoms with E-state index < -0.39 is 0 Å². The first-order valence-corrected chi connectivity index (χ1v) is 6.24. The van der Waals surface area contributed by atoms with Gasteiger partial charge in [-0.25, -0.2) is 0 Å². The highest BCUT2D eigenvalue weighted by Gasteiger charge is 2.11. The van der Waals surface area contributed by atoms with Crippen LogP contribution in [0, 0.1) is 0 Å². The molecule has 0 amide bonds. The first-order chi connectivity index (χ1) is 7.68. The number of rotatable bonds is 3. The second-order valence-corrected chi connectivity index (χ2v) is 5.23. The second-order valence-electron chi connectivity index (χ2n) is 4.49. The van der Waals surface area contributed by atoms with Crippen LogP contribution in [0.4, 0.5) is 0 Å². The van der Waals surface area contributed by atoms with Gasteiger partial charge in [-0.3, -0.25) is 0 Å². The van der Waals surface area contributed by atoms with E-state index in [1.54, 1.807) is 0 Å². The highest BCUT2D eigenvalue weighted by molar-refractivity contribution is 6.20. The Balaban J connectivity index is 2.44. The van der Waals surface area contributed by atoms with Crippen molar-refractivity contribution in [1.29, 1.82) is 0 Å². The van der Waals surface area contributed by atoms with E-state index in [9.17, 15) is 0 Å². The van der Waals surface area contributed by atoms with E-state index >= 15 is 0 Å². The molecule has 0 aliphatic rings. The Labute approximate surface area is 102 Å². The summed E-state index contributed by atoms with van der Waals surface area (Å²) in [5.41, 5.74) is 1.41. The van der Waals surface area contributed by atoms with Crippen LogP contribution < -0.4 is 0 Å². The number of hydrogen-bond acceptors (Lipinski definition) is 0. The van der Waals surface area contributed by atoms with Crippen molar-refractivity contribution in [3.63, 3.8) is 0 Å². The van der Waals surface area contributed by atoms with Crippen LogP contribution in [0.25, 0.3) is 10.8 Å². The molecule has 0 nitrogen and oxygen atoms in total. The van der Waals surface area contributed by atoms with Crippen LogP contribution in [-0.2, 0) is 0 Å². The van der Waals surface area contributed by atoms with Crippen molar-refractivity contribution in [2.45, 2.75) is 31.6 Å². The molecule has 16 heavy (non-hydrogen) atoms. The van der Waals surface area contributed by atoms with Crippen molar-refractivity contribution in [1.82, 2.24) is 0 Å². The van der Waals surface area contributed by atoms with Crippen molar-refractivity contribution >= 4 is 22.4 Å². The Bertz CT molecular complexity index is 468. The second kappa shape index (κ2) is 4.88. The molecule has 0 heterocycles. The smallest absolute Gasteiger partial charge is 0.0313 e. The van der Waals surface area contributed by atoms with Crippen LogP contribution in [0.15, 0.2) is 42.5 Å². The van der Waals surface area contributed by atoms with Crippen molar-refractivity contribution in [3.05, 3.63) is 48.0 Å². The van der Waals surface area contributed by atoms with Gasteiger partial charge in [0.1, 0.15) is 0 Å². The SMILES string of the molecule is C[C@H](Cl)C[C@@H](C)c1cccc2ccccc12. The van der Waals surface area contributed by atoms with Gasteiger partial charge in [0.25, 0.3) is 0 Å². The normalized spacial score (nSPS) is 14.9. The summed E-state index contributed by atoms with van der Waals surface area (Å²) in [4.78, 5) is 0. The molecule has 84 valence electrons. The molecule has 0 saturated heterocycles. The van der Waals surface area contributed by atoms with E-state index in [0.717, 1.165) is 6.42 Å². The van der Waals surface area contributed by atoms with Crippen molar-refractivity contribution in [2.75, 3.05) is 0 Å². The van der Waals surface area contributed by atoms with Crippen molar-refractivity contribution < 1.29 is 0 Å². The van der Waals surface area contributed by atoms with Crippen LogP contribution in [0.1, 0.15) is 31.7 Å². The Hall–Kier alpha value is -1.01. The quantitative estimate of drug-likeness (QED) is 0.656. The topological polar surface area (TPSA) is 0 Å². The van der Waals surface area contributed by atoms with Gasteiger partial charge in [0.2, 0.25) is 0 Å². The molecule has 2 aromatic carbocycles. The number of alkyl halides is 1. The van der Waals surface area contributed by atoms with Gasteiger partial charge in [0, 0.05) is 5.38 Å². The molecule has 0 N–H and O–H groups in total. The average molecular weight is 233 g/mol. The van der Waals surface area contributed by atoms with Gasteiger partial charge in [-0.15, -0.1) is 11.6 Å². The van der Waals surface area contributed by atoms with Gasteiger partial charge in [-0.1, -0.05) is 49.4 Å². The molecule has 0 aliphatic heterocycles. The van der Waals surface area contributed by atoms with Gasteiger partial charge in [0.05, 0.1) is 0 Å². The third-order valence-electron chi connectivity index (χ3n) is 3.03. The minimum atomic E-state index is 0.231. The third kappa shape index (κ3) is 2.38. The van der Waals surface area contributed by atoms with E-state index in [1.807, 2.05) is 0 Å². The largest absolute Gasteiger partial charge is 0.123 e. The molecule has 0 unspecified atom stereocenters. The molecule has 2 rings (SSSR count). The fourth-order valence-corrected chi connectivity index (χ4v) is 2.56. The summed E-state index contributed by atoms with van der Waals surface area (Å²) >= 11 is 6.07. The van der Waals surface area contributed by atoms with Gasteiger partial charge in [-0.2, -0.15) is 0 Å². The Morgan fingerprint density at radius 2 is 1.69 bits per heavy atom. The summed E-state index contributed by atoms with van der Waals surface area (Å²) in [5, 5.41) is 2.90. The van der Waals surface area contributed by atoms with E-state index in [4.69, 9.17) is 11.6 Å². The highest BCUT2D eigenvalue weighted by Crippen LogP contribution is 2.29. The summed E-state index contributed by atoms with van der Waals surface area (Å²) in [5.74, 6) is 0.513. The van der Waals surface area contributed by atoms with Gasteiger partial charge < -0.3 is 0 Å². The lowest BCUT2D eigenvalue weighted by atomic mass is 9.92. The summed E-state index contributed by atoms with van der Waals surface area (Å²) in [6.07, 6.45) is 1.02. The molecule has 0 aliphatic carbocycles. The fraction of sp³-hybridized carbons (Fsp3) is 0.333. The van der Waals surface area contributed by atoms with Crippen LogP contribution in [0.2, 0.25) is 0 Å². The Kier molecular flexibility index (Phi) is 3.50. The van der Waals surface area contributed by atoms with Crippen LogP contribution in [0.3, 0.4) is 0 Å². The third-order valence-corrected chi connectivity index (χ3v) is 3.21. The first-order valence-electron chi connectivity index (χ1n) is 5.80. The lowest BCUT2D eigenvalue weighted by Crippen LogP contribution is -2.01. The van der Waals surface area contributed by atoms with Crippen LogP contribution in [0.5, 0.6) is 0 Å². The molecule has 0 aromatic heterocycles. The molecular weight excluding hydrogens is 216 g/mol. The zero-order chi connectivity index (χ0) is 11.5. The molecule has 0 radical (unpaired) electrons. The lowest BCUT2D eigenvalue weighted by molar-refractivity contribution is 0.675. The monoisotopic (exact) mass is 232 g/mol. The minimum absolute atomic E-state index is 0.231. The summed E-state index contributed by atoms with van der Waals surface area (Å²) < 4.78 is 0. The molecule has 0 fully saturated rings. The number of fused-ring (bicyclic) bond motifs is 1. The summed E-state index contributed by atoms with van der Waals surface area (Å²) in [6.45, 7) is 4.31. The molecule has 2 aromatic rings. The summed E-state index contributed by atoms with van der Waals surface area (Å²) in [6, 6.07) is 15.0. The fourth-order valence-electron chi connectivity index (χ4n) is 2.29. The maximum Gasteiger partial charge on any atom is 0.0313 e. The Morgan fingerprint density at radius 1 is 1.00 bits per heavy atom. The Morgan fingerprint density at radius 3 is 2.44 bits per heavy atom. The maximum absolute atomic E-state index is 6.07. The van der Waals surface area contributed by atoms with Crippen LogP contribution in [-0.4, -0.2) is 5.38 Å². The highest BCUT2D eigenvalue weighted by atomic mass is 35.5. The average Bonchev–Trinajstić information content (AvgIpc) is 2.27. The first kappa shape index (κ1) is 11.5. The standard InChI is InChI=1S/C15H17Cl/c1-11(10-12(2)16)14-9-5-7-13-6-3-4-8-15(13)14/h3-9,11-12H,10H2,1-2H3/t11-,12+/m1/s1. The number of halogens is 1.